The number of esters is 1. The molecule has 0 aromatic heterocycles. The fraction of sp³-hybridized carbons (Fsp3) is 0.417. The van der Waals surface area contributed by atoms with E-state index in [0.29, 0.717) is 32.0 Å². The summed E-state index contributed by atoms with van der Waals surface area (Å²) in [5, 5.41) is 0. The van der Waals surface area contributed by atoms with Crippen LogP contribution in [0.15, 0.2) is 12.1 Å². The van der Waals surface area contributed by atoms with Crippen LogP contribution in [0.1, 0.15) is 10.4 Å². The summed E-state index contributed by atoms with van der Waals surface area (Å²) in [6.45, 7) is 2.32. The Bertz CT molecular complexity index is 459. The molecular formula is C12H15FN2O3. The van der Waals surface area contributed by atoms with Gasteiger partial charge in [-0.1, -0.05) is 0 Å². The number of anilines is 2. The zero-order valence-corrected chi connectivity index (χ0v) is 10.1. The summed E-state index contributed by atoms with van der Waals surface area (Å²) >= 11 is 0. The van der Waals surface area contributed by atoms with E-state index >= 15 is 0 Å². The van der Waals surface area contributed by atoms with E-state index in [2.05, 4.69) is 4.74 Å². The topological polar surface area (TPSA) is 64.8 Å². The summed E-state index contributed by atoms with van der Waals surface area (Å²) in [5.74, 6) is -1.12. The van der Waals surface area contributed by atoms with Crippen LogP contribution in [0.5, 0.6) is 0 Å². The summed E-state index contributed by atoms with van der Waals surface area (Å²) in [7, 11) is 1.23. The van der Waals surface area contributed by atoms with Gasteiger partial charge >= 0.3 is 5.97 Å². The predicted octanol–water partition coefficient (Wildman–Crippen LogP) is 1.03. The standard InChI is InChI=1S/C12H15FN2O3/c1-17-12(16)8-6-9(13)11(7-10(8)14)15-2-4-18-5-3-15/h6-7H,2-5,14H2,1H3. The smallest absolute Gasteiger partial charge is 0.340 e. The van der Waals surface area contributed by atoms with Crippen molar-refractivity contribution in [1.82, 2.24) is 0 Å². The molecule has 2 rings (SSSR count). The van der Waals surface area contributed by atoms with Crippen LogP contribution in [0.4, 0.5) is 15.8 Å². The SMILES string of the molecule is COC(=O)c1cc(F)c(N2CCOCC2)cc1N. The van der Waals surface area contributed by atoms with Gasteiger partial charge in [0.15, 0.2) is 0 Å². The van der Waals surface area contributed by atoms with Gasteiger partial charge in [-0.15, -0.1) is 0 Å². The van der Waals surface area contributed by atoms with Crippen LogP contribution >= 0.6 is 0 Å². The number of rotatable bonds is 2. The normalized spacial score (nSPS) is 15.6. The third-order valence-corrected chi connectivity index (χ3v) is 2.88. The molecule has 5 nitrogen and oxygen atoms in total. The summed E-state index contributed by atoms with van der Waals surface area (Å²) in [6, 6.07) is 2.58. The lowest BCUT2D eigenvalue weighted by Gasteiger charge is -2.29. The quantitative estimate of drug-likeness (QED) is 0.631. The summed E-state index contributed by atoms with van der Waals surface area (Å²) < 4.78 is 23.7. The van der Waals surface area contributed by atoms with E-state index in [1.54, 1.807) is 0 Å². The maximum absolute atomic E-state index is 14.0. The Balaban J connectivity index is 2.33. The number of morpholine rings is 1. The highest BCUT2D eigenvalue weighted by Gasteiger charge is 2.19. The van der Waals surface area contributed by atoms with Gasteiger partial charge in [0.1, 0.15) is 5.82 Å². The zero-order valence-electron chi connectivity index (χ0n) is 10.1. The van der Waals surface area contributed by atoms with Crippen LogP contribution < -0.4 is 10.6 Å². The molecule has 0 saturated carbocycles. The average Bonchev–Trinajstić information content (AvgIpc) is 2.41. The van der Waals surface area contributed by atoms with Crippen LogP contribution in [0, 0.1) is 5.82 Å². The molecular weight excluding hydrogens is 239 g/mol. The van der Waals surface area contributed by atoms with Crippen LogP contribution in [0.3, 0.4) is 0 Å². The first kappa shape index (κ1) is 12.6. The molecule has 0 atom stereocenters. The molecule has 1 saturated heterocycles. The molecule has 2 N–H and O–H groups in total. The highest BCUT2D eigenvalue weighted by Crippen LogP contribution is 2.26. The zero-order chi connectivity index (χ0) is 13.1. The third-order valence-electron chi connectivity index (χ3n) is 2.88. The number of benzene rings is 1. The number of hydrogen-bond donors (Lipinski definition) is 1. The van der Waals surface area contributed by atoms with E-state index in [4.69, 9.17) is 10.5 Å². The number of methoxy groups -OCH3 is 1. The molecule has 18 heavy (non-hydrogen) atoms. The number of nitrogens with zero attached hydrogens (tertiary/aromatic N) is 1. The largest absolute Gasteiger partial charge is 0.465 e. The number of carbonyl (C=O) groups is 1. The molecule has 0 radical (unpaired) electrons. The van der Waals surface area contributed by atoms with Crippen molar-refractivity contribution in [3.63, 3.8) is 0 Å². The van der Waals surface area contributed by atoms with E-state index in [1.165, 1.54) is 13.2 Å². The Morgan fingerprint density at radius 3 is 2.72 bits per heavy atom. The lowest BCUT2D eigenvalue weighted by atomic mass is 10.1. The number of hydrogen-bond acceptors (Lipinski definition) is 5. The van der Waals surface area contributed by atoms with Crippen molar-refractivity contribution in [3.05, 3.63) is 23.5 Å². The van der Waals surface area contributed by atoms with Gasteiger partial charge in [-0.2, -0.15) is 0 Å². The average molecular weight is 254 g/mol. The Morgan fingerprint density at radius 1 is 1.44 bits per heavy atom. The van der Waals surface area contributed by atoms with Crippen molar-refractivity contribution >= 4 is 17.3 Å². The molecule has 1 aliphatic heterocycles. The highest BCUT2D eigenvalue weighted by atomic mass is 19.1. The van der Waals surface area contributed by atoms with Gasteiger partial charge in [-0.25, -0.2) is 9.18 Å². The number of ether oxygens (including phenoxy) is 2. The Kier molecular flexibility index (Phi) is 3.66. The molecule has 0 bridgehead atoms. The molecule has 6 heteroatoms. The minimum absolute atomic E-state index is 0.0482. The summed E-state index contributed by atoms with van der Waals surface area (Å²) in [4.78, 5) is 13.2. The number of carbonyl (C=O) groups excluding carboxylic acids is 1. The van der Waals surface area contributed by atoms with Crippen molar-refractivity contribution in [3.8, 4) is 0 Å². The second-order valence-electron chi connectivity index (χ2n) is 3.98. The van der Waals surface area contributed by atoms with Crippen LogP contribution in [-0.2, 0) is 9.47 Å². The Labute approximate surface area is 104 Å². The van der Waals surface area contributed by atoms with E-state index < -0.39 is 11.8 Å². The molecule has 0 spiro atoms. The van der Waals surface area contributed by atoms with Gasteiger partial charge in [0.05, 0.1) is 31.6 Å². The predicted molar refractivity (Wildman–Crippen MR) is 65.2 cm³/mol. The van der Waals surface area contributed by atoms with Crippen molar-refractivity contribution in [1.29, 1.82) is 0 Å². The van der Waals surface area contributed by atoms with Gasteiger partial charge in [-0.3, -0.25) is 0 Å². The minimum atomic E-state index is -0.639. The van der Waals surface area contributed by atoms with Crippen molar-refractivity contribution in [2.24, 2.45) is 0 Å². The second-order valence-corrected chi connectivity index (χ2v) is 3.98. The molecule has 1 heterocycles. The first-order valence-electron chi connectivity index (χ1n) is 5.63. The number of halogens is 1. The Morgan fingerprint density at radius 2 is 2.11 bits per heavy atom. The minimum Gasteiger partial charge on any atom is -0.465 e. The van der Waals surface area contributed by atoms with Crippen LogP contribution in [0.25, 0.3) is 0 Å². The van der Waals surface area contributed by atoms with Gasteiger partial charge in [0, 0.05) is 18.8 Å². The summed E-state index contributed by atoms with van der Waals surface area (Å²) in [6.07, 6.45) is 0. The lowest BCUT2D eigenvalue weighted by Crippen LogP contribution is -2.36. The van der Waals surface area contributed by atoms with E-state index in [-0.39, 0.29) is 11.3 Å². The molecule has 1 aromatic carbocycles. The van der Waals surface area contributed by atoms with E-state index in [9.17, 15) is 9.18 Å². The summed E-state index contributed by atoms with van der Waals surface area (Å²) in [5.41, 5.74) is 6.40. The molecule has 1 aliphatic rings. The maximum atomic E-state index is 14.0. The fourth-order valence-electron chi connectivity index (χ4n) is 1.91. The monoisotopic (exact) mass is 254 g/mol. The van der Waals surface area contributed by atoms with Crippen LogP contribution in [0.2, 0.25) is 0 Å². The van der Waals surface area contributed by atoms with Crippen molar-refractivity contribution < 1.29 is 18.7 Å². The molecule has 0 amide bonds. The third kappa shape index (κ3) is 2.38. The van der Waals surface area contributed by atoms with E-state index in [0.717, 1.165) is 6.07 Å². The van der Waals surface area contributed by atoms with Crippen molar-refractivity contribution in [2.75, 3.05) is 44.0 Å². The molecule has 1 fully saturated rings. The first-order chi connectivity index (χ1) is 8.63. The maximum Gasteiger partial charge on any atom is 0.340 e. The first-order valence-corrected chi connectivity index (χ1v) is 5.63. The second kappa shape index (κ2) is 5.22. The number of nitrogens with two attached hydrogens (primary N) is 1. The van der Waals surface area contributed by atoms with E-state index in [1.807, 2.05) is 4.90 Å². The lowest BCUT2D eigenvalue weighted by molar-refractivity contribution is 0.0601. The van der Waals surface area contributed by atoms with Gasteiger partial charge in [0.25, 0.3) is 0 Å². The van der Waals surface area contributed by atoms with Gasteiger partial charge in [0.2, 0.25) is 0 Å². The molecule has 0 aliphatic carbocycles. The van der Waals surface area contributed by atoms with Crippen LogP contribution in [-0.4, -0.2) is 39.4 Å². The van der Waals surface area contributed by atoms with Gasteiger partial charge < -0.3 is 20.1 Å². The van der Waals surface area contributed by atoms with Crippen molar-refractivity contribution in [2.45, 2.75) is 0 Å². The number of nitrogen functional groups attached to an aromatic ring is 1. The fourth-order valence-corrected chi connectivity index (χ4v) is 1.91. The Hall–Kier alpha value is -1.82. The molecule has 1 aromatic rings. The molecule has 98 valence electrons. The molecule has 0 unspecified atom stereocenters. The highest BCUT2D eigenvalue weighted by molar-refractivity contribution is 5.95. The van der Waals surface area contributed by atoms with Gasteiger partial charge in [-0.05, 0) is 12.1 Å².